The van der Waals surface area contributed by atoms with Crippen LogP contribution in [0.25, 0.3) is 0 Å². The van der Waals surface area contributed by atoms with Crippen LogP contribution in [0.3, 0.4) is 0 Å². The van der Waals surface area contributed by atoms with Crippen LogP contribution in [0.4, 0.5) is 0 Å². The van der Waals surface area contributed by atoms with Gasteiger partial charge < -0.3 is 9.26 Å². The molecule has 0 unspecified atom stereocenters. The van der Waals surface area contributed by atoms with Crippen LogP contribution in [0.15, 0.2) is 0 Å². The molecule has 0 nitrogen and oxygen atoms in total. The molecule has 0 heterocycles. The maximum atomic E-state index is 5.50. The Hall–Kier alpha value is 1.17. The quantitative estimate of drug-likeness (QED) is 0.389. The highest BCUT2D eigenvalue weighted by Gasteiger charge is 1.84. The fourth-order valence-corrected chi connectivity index (χ4v) is 0. The van der Waals surface area contributed by atoms with Crippen molar-refractivity contribution in [1.29, 1.82) is 0 Å². The second-order valence-electron chi connectivity index (χ2n) is 1.20. The van der Waals surface area contributed by atoms with Gasteiger partial charge in [-0.3, -0.25) is 10.0 Å². The highest BCUT2D eigenvalue weighted by Crippen LogP contribution is 2.09. The van der Waals surface area contributed by atoms with Gasteiger partial charge in [0.25, 0.3) is 0 Å². The third-order valence-electron chi connectivity index (χ3n) is 0.239. The third kappa shape index (κ3) is 5.17. The van der Waals surface area contributed by atoms with E-state index in [-0.39, 0.29) is 13.2 Å². The topological polar surface area (TPSA) is 0 Å². The van der Waals surface area contributed by atoms with Gasteiger partial charge >= 0.3 is 13.2 Å². The van der Waals surface area contributed by atoms with Crippen LogP contribution in [-0.2, 0) is 0 Å². The standard InChI is InChI=1S/C2H6S.Al.ClH.H/c1-3-2;;;/h1-2H3;;1H;. The molecule has 0 spiro atoms. The van der Waals surface area contributed by atoms with E-state index in [1.807, 2.05) is 0 Å². The van der Waals surface area contributed by atoms with E-state index in [2.05, 4.69) is 12.5 Å². The van der Waals surface area contributed by atoms with E-state index in [0.29, 0.717) is 9.26 Å². The van der Waals surface area contributed by atoms with Gasteiger partial charge in [-0.25, -0.2) is 0 Å². The monoisotopic (exact) mass is 126 g/mol. The highest BCUT2D eigenvalue weighted by atomic mass is 35.6. The highest BCUT2D eigenvalue weighted by molar-refractivity contribution is 8.39. The Morgan fingerprint density at radius 3 is 1.80 bits per heavy atom. The van der Waals surface area contributed by atoms with Crippen LogP contribution >= 0.6 is 19.3 Å². The maximum absolute atomic E-state index is 5.50. The summed E-state index contributed by atoms with van der Waals surface area (Å²) in [5.74, 6) is 0. The fourth-order valence-electron chi connectivity index (χ4n) is 0. The molecule has 0 aromatic carbocycles. The molecule has 32 valence electrons. The molecule has 0 N–H and O–H groups in total. The van der Waals surface area contributed by atoms with Crippen LogP contribution in [0.1, 0.15) is 0 Å². The largest absolute Gasteiger partial charge is 0.437 e. The van der Waals surface area contributed by atoms with E-state index in [0.717, 1.165) is 0 Å². The SMILES string of the molecule is C[SH](C)[AlH][Cl]. The lowest BCUT2D eigenvalue weighted by Gasteiger charge is -1.93. The summed E-state index contributed by atoms with van der Waals surface area (Å²) in [6, 6.07) is 0. The van der Waals surface area contributed by atoms with Crippen molar-refractivity contribution in [3.8, 4) is 0 Å². The van der Waals surface area contributed by atoms with Gasteiger partial charge in [-0.05, 0) is 0 Å². The number of thiol groups is 1. The normalized spacial score (nSPS) is 10.6. The van der Waals surface area contributed by atoms with E-state index in [9.17, 15) is 0 Å². The van der Waals surface area contributed by atoms with Crippen molar-refractivity contribution in [2.75, 3.05) is 12.5 Å². The summed E-state index contributed by atoms with van der Waals surface area (Å²) in [4.78, 5) is 0. The van der Waals surface area contributed by atoms with Crippen LogP contribution in [0, 0.1) is 0 Å². The Morgan fingerprint density at radius 2 is 1.80 bits per heavy atom. The first-order valence-corrected chi connectivity index (χ1v) is 7.93. The maximum Gasteiger partial charge on any atom is 0.437 e. The zero-order valence-corrected chi connectivity index (χ0v) is 6.60. The molecule has 3 heteroatoms. The van der Waals surface area contributed by atoms with E-state index >= 15 is 0 Å². The predicted octanol–water partition coefficient (Wildman–Crippen LogP) is 0.752. The molecule has 0 aliphatic heterocycles. The van der Waals surface area contributed by atoms with Gasteiger partial charge in [-0.2, -0.15) is 0 Å². The van der Waals surface area contributed by atoms with Crippen LogP contribution in [0.5, 0.6) is 0 Å². The summed E-state index contributed by atoms with van der Waals surface area (Å²) in [7, 11) is 5.81. The van der Waals surface area contributed by atoms with Crippen molar-refractivity contribution < 1.29 is 0 Å². The van der Waals surface area contributed by atoms with Gasteiger partial charge in [-0.15, -0.1) is 0 Å². The third-order valence-corrected chi connectivity index (χ3v) is 6.45. The Bertz CT molecular complexity index is 23.6. The summed E-state index contributed by atoms with van der Waals surface area (Å²) in [5.41, 5.74) is 0. The van der Waals surface area contributed by atoms with Crippen LogP contribution < -0.4 is 0 Å². The van der Waals surface area contributed by atoms with Gasteiger partial charge in [-0.1, -0.05) is 12.5 Å². The summed E-state index contributed by atoms with van der Waals surface area (Å²) < 4.78 is 0. The van der Waals surface area contributed by atoms with Gasteiger partial charge in [0, 0.05) is 0 Å². The van der Waals surface area contributed by atoms with Crippen molar-refractivity contribution >= 4 is 32.5 Å². The van der Waals surface area contributed by atoms with Gasteiger partial charge in [0.15, 0.2) is 0 Å². The second-order valence-corrected chi connectivity index (χ2v) is 10.3. The average Bonchev–Trinajstić information content (AvgIpc) is 1.38. The average molecular weight is 127 g/mol. The van der Waals surface area contributed by atoms with Crippen molar-refractivity contribution in [3.05, 3.63) is 0 Å². The molecule has 0 aliphatic rings. The minimum Gasteiger partial charge on any atom is -0.308 e. The number of halogens is 1. The van der Waals surface area contributed by atoms with E-state index < -0.39 is 0 Å². The first kappa shape index (κ1) is 6.17. The molecular weight excluding hydrogens is 119 g/mol. The number of rotatable bonds is 1. The molecule has 0 bridgehead atoms. The summed E-state index contributed by atoms with van der Waals surface area (Å²) >= 11 is -0.114. The molecule has 0 fully saturated rings. The lowest BCUT2D eigenvalue weighted by atomic mass is 11.9. The molecule has 0 atom stereocenters. The first-order valence-electron chi connectivity index (χ1n) is 1.48. The lowest BCUT2D eigenvalue weighted by molar-refractivity contribution is 2.35. The Kier molecular flexibility index (Phi) is 4.16. The molecule has 0 aromatic rings. The van der Waals surface area contributed by atoms with Gasteiger partial charge in [0.2, 0.25) is 0 Å². The Balaban J connectivity index is 2.54. The molecule has 0 saturated heterocycles. The summed E-state index contributed by atoms with van der Waals surface area (Å²) in [6.45, 7) is 0. The van der Waals surface area contributed by atoms with Crippen molar-refractivity contribution in [1.82, 2.24) is 0 Å². The van der Waals surface area contributed by atoms with Crippen LogP contribution in [0.2, 0.25) is 0 Å². The summed E-state index contributed by atoms with van der Waals surface area (Å²) in [5, 5.41) is 0. The molecule has 0 aliphatic carbocycles. The van der Waals surface area contributed by atoms with Gasteiger partial charge in [0.05, 0.1) is 0 Å². The molecule has 0 saturated carbocycles. The Labute approximate surface area is 45.2 Å². The summed E-state index contributed by atoms with van der Waals surface area (Å²) in [6.07, 6.45) is 4.43. The van der Waals surface area contributed by atoms with Gasteiger partial charge in [0.1, 0.15) is 0 Å². The number of hydrogen-bond donors (Lipinski definition) is 1. The lowest BCUT2D eigenvalue weighted by Crippen LogP contribution is -1.73. The molecule has 0 amide bonds. The minimum atomic E-state index is -0.114. The van der Waals surface area contributed by atoms with E-state index in [1.54, 1.807) is 0 Å². The molecule has 0 aromatic heterocycles. The van der Waals surface area contributed by atoms with Crippen molar-refractivity contribution in [2.45, 2.75) is 0 Å². The molecule has 5 heavy (non-hydrogen) atoms. The second kappa shape index (κ2) is 3.37. The van der Waals surface area contributed by atoms with E-state index in [1.165, 1.54) is 0 Å². The van der Waals surface area contributed by atoms with Crippen molar-refractivity contribution in [2.24, 2.45) is 0 Å². The zero-order chi connectivity index (χ0) is 4.28. The smallest absolute Gasteiger partial charge is 0.308 e. The van der Waals surface area contributed by atoms with E-state index in [4.69, 9.17) is 10.0 Å². The minimum absolute atomic E-state index is 0.114. The predicted molar refractivity (Wildman–Crippen MR) is 33.8 cm³/mol. The zero-order valence-electron chi connectivity index (χ0n) is 3.53. The molecule has 0 radical (unpaired) electrons. The molecule has 0 rings (SSSR count). The fraction of sp³-hybridized carbons (Fsp3) is 1.00. The van der Waals surface area contributed by atoms with Crippen molar-refractivity contribution in [3.63, 3.8) is 0 Å². The Morgan fingerprint density at radius 1 is 1.60 bits per heavy atom. The first-order chi connectivity index (χ1) is 2.27. The molecular formula is C2H8AlClS. The number of hydrogen-bond acceptors (Lipinski definition) is 0. The van der Waals surface area contributed by atoms with Crippen LogP contribution in [-0.4, -0.2) is 25.7 Å².